The molecule has 0 bridgehead atoms. The lowest BCUT2D eigenvalue weighted by Gasteiger charge is -2.21. The van der Waals surface area contributed by atoms with E-state index in [1.54, 1.807) is 30.0 Å². The predicted octanol–water partition coefficient (Wildman–Crippen LogP) is 6.03. The number of likely N-dealkylation sites (N-methyl/N-ethyl adjacent to an activating group) is 1. The van der Waals surface area contributed by atoms with Gasteiger partial charge in [0.15, 0.2) is 22.4 Å². The molecule has 47 heavy (non-hydrogen) atoms. The van der Waals surface area contributed by atoms with Gasteiger partial charge in [-0.3, -0.25) is 5.41 Å². The molecule has 0 aliphatic carbocycles. The number of unbranched alkanes of at least 4 members (excludes halogenated alkanes) is 1. The van der Waals surface area contributed by atoms with E-state index < -0.39 is 11.8 Å². The van der Waals surface area contributed by atoms with Crippen LogP contribution in [0.15, 0.2) is 65.2 Å². The lowest BCUT2D eigenvalue weighted by atomic mass is 10.2. The van der Waals surface area contributed by atoms with Crippen LogP contribution in [0.2, 0.25) is 0 Å². The summed E-state index contributed by atoms with van der Waals surface area (Å²) in [5, 5.41) is 31.9. The third-order valence-electron chi connectivity index (χ3n) is 6.85. The summed E-state index contributed by atoms with van der Waals surface area (Å²) < 4.78 is 21.2. The van der Waals surface area contributed by atoms with Crippen LogP contribution in [0.1, 0.15) is 47.1 Å². The van der Waals surface area contributed by atoms with E-state index in [1.165, 1.54) is 28.7 Å². The lowest BCUT2D eigenvalue weighted by molar-refractivity contribution is 0.0690. The molecule has 0 saturated carbocycles. The summed E-state index contributed by atoms with van der Waals surface area (Å²) in [6.45, 7) is 2.89. The van der Waals surface area contributed by atoms with Gasteiger partial charge in [0.2, 0.25) is 5.13 Å². The van der Waals surface area contributed by atoms with Crippen LogP contribution in [0.5, 0.6) is 5.75 Å². The zero-order chi connectivity index (χ0) is 33.8. The zero-order valence-electron chi connectivity index (χ0n) is 26.2. The molecule has 4 aromatic rings. The fourth-order valence-electron chi connectivity index (χ4n) is 4.41. The molecule has 0 radical (unpaired) electrons. The number of fused-ring (bicyclic) bond motifs is 1. The van der Waals surface area contributed by atoms with E-state index in [9.17, 15) is 19.4 Å². The van der Waals surface area contributed by atoms with Crippen molar-refractivity contribution in [2.45, 2.75) is 32.6 Å². The maximum Gasteiger partial charge on any atom is 0.355 e. The van der Waals surface area contributed by atoms with Gasteiger partial charge in [0.1, 0.15) is 11.7 Å². The standard InChI is InChI=1S/C33H38FN7O4S2/c1-21(30(36)40-32-38-24-10-3-4-11-26(24)46-32)19-28(35)41(16-5-6-17-42)33-39-29(31(43)44)27(47-33)12-8-18-45-25-14-13-22(20-23(25)34)9-7-15-37-2/h3-4,7,9-11,13-14,19-20,35,37,42H,5-6,8,12,15-18H2,1-2H3,(H,43,44)(H2,36,38,40)/b9-7+,21-19-,35-28?. The van der Waals surface area contributed by atoms with Crippen LogP contribution in [0.4, 0.5) is 14.7 Å². The number of rotatable bonds is 17. The molecule has 0 spiro atoms. The summed E-state index contributed by atoms with van der Waals surface area (Å²) in [5.41, 5.74) is 8.23. The number of halogens is 1. The Bertz CT molecular complexity index is 1750. The maximum absolute atomic E-state index is 14.5. The van der Waals surface area contributed by atoms with Gasteiger partial charge in [-0.05, 0) is 81.1 Å². The molecule has 4 rings (SSSR count). The molecular weight excluding hydrogens is 642 g/mol. The molecule has 2 aromatic heterocycles. The van der Waals surface area contributed by atoms with Gasteiger partial charge >= 0.3 is 5.97 Å². The third-order valence-corrected chi connectivity index (χ3v) is 8.92. The van der Waals surface area contributed by atoms with Crippen molar-refractivity contribution in [2.24, 2.45) is 10.7 Å². The largest absolute Gasteiger partial charge is 0.491 e. The number of hydrogen-bond acceptors (Lipinski definition) is 10. The summed E-state index contributed by atoms with van der Waals surface area (Å²) in [6.07, 6.45) is 7.05. The van der Waals surface area contributed by atoms with Crippen molar-refractivity contribution in [1.82, 2.24) is 15.3 Å². The van der Waals surface area contributed by atoms with Gasteiger partial charge in [-0.25, -0.2) is 24.1 Å². The van der Waals surface area contributed by atoms with E-state index in [2.05, 4.69) is 20.3 Å². The predicted molar refractivity (Wildman–Crippen MR) is 188 cm³/mol. The normalized spacial score (nSPS) is 12.3. The van der Waals surface area contributed by atoms with Crippen molar-refractivity contribution in [2.75, 3.05) is 38.3 Å². The van der Waals surface area contributed by atoms with Gasteiger partial charge in [-0.1, -0.05) is 41.7 Å². The first kappa shape index (κ1) is 35.4. The van der Waals surface area contributed by atoms with E-state index >= 15 is 0 Å². The molecule has 0 aliphatic heterocycles. The maximum atomic E-state index is 14.5. The average Bonchev–Trinajstić information content (AvgIpc) is 3.66. The Balaban J connectivity index is 1.46. The number of aliphatic hydroxyl groups is 1. The van der Waals surface area contributed by atoms with Crippen LogP contribution in [0.3, 0.4) is 0 Å². The number of thiazole rings is 2. The number of aliphatic imine (C=N–C) groups is 1. The first-order valence-corrected chi connectivity index (χ1v) is 16.6. The molecule has 0 unspecified atom stereocenters. The second-order valence-corrected chi connectivity index (χ2v) is 12.5. The molecule has 0 atom stereocenters. The molecular formula is C33H38FN7O4S2. The number of nitrogens with zero attached hydrogens (tertiary/aromatic N) is 4. The summed E-state index contributed by atoms with van der Waals surface area (Å²) in [6, 6.07) is 12.4. The summed E-state index contributed by atoms with van der Waals surface area (Å²) in [4.78, 5) is 27.5. The van der Waals surface area contributed by atoms with Crippen LogP contribution in [-0.4, -0.2) is 71.2 Å². The van der Waals surface area contributed by atoms with E-state index in [1.807, 2.05) is 43.5 Å². The molecule has 0 amide bonds. The smallest absolute Gasteiger partial charge is 0.355 e. The number of amidine groups is 2. The second kappa shape index (κ2) is 17.4. The van der Waals surface area contributed by atoms with Crippen LogP contribution in [0.25, 0.3) is 16.3 Å². The summed E-state index contributed by atoms with van der Waals surface area (Å²) in [7, 11) is 1.83. The first-order chi connectivity index (χ1) is 22.7. The number of benzene rings is 2. The minimum atomic E-state index is -1.18. The number of carboxylic acid groups (broad SMARTS) is 1. The molecule has 0 fully saturated rings. The quantitative estimate of drug-likeness (QED) is 0.0508. The van der Waals surface area contributed by atoms with Gasteiger partial charge in [-0.15, -0.1) is 11.3 Å². The molecule has 2 heterocycles. The van der Waals surface area contributed by atoms with Gasteiger partial charge in [0.25, 0.3) is 0 Å². The van der Waals surface area contributed by atoms with Crippen molar-refractivity contribution >= 4 is 66.9 Å². The number of carboxylic acids is 1. The number of carbonyl (C=O) groups is 1. The van der Waals surface area contributed by atoms with Gasteiger partial charge in [0.05, 0.1) is 16.8 Å². The summed E-state index contributed by atoms with van der Waals surface area (Å²) in [5.74, 6) is -1.29. The molecule has 14 heteroatoms. The highest BCUT2D eigenvalue weighted by Gasteiger charge is 2.23. The topological polar surface area (TPSA) is 170 Å². The number of aryl methyl sites for hydroxylation is 1. The fraction of sp³-hybridized carbons (Fsp3) is 0.303. The number of para-hydroxylation sites is 1. The van der Waals surface area contributed by atoms with Crippen molar-refractivity contribution in [3.05, 3.63) is 82.1 Å². The summed E-state index contributed by atoms with van der Waals surface area (Å²) >= 11 is 2.58. The first-order valence-electron chi connectivity index (χ1n) is 15.0. The minimum Gasteiger partial charge on any atom is -0.491 e. The SMILES string of the molecule is CNC/C=C/c1ccc(OCCCc2sc(N(CCCCO)C(=N)/C=C(/C)C(N)=Nc3nc4ccccc4s3)nc2C(=O)O)c(F)c1. The number of aromatic carboxylic acids is 1. The second-order valence-electron chi connectivity index (χ2n) is 10.4. The molecule has 11 nitrogen and oxygen atoms in total. The number of nitrogens with one attached hydrogen (secondary N) is 2. The molecule has 0 aliphatic rings. The minimum absolute atomic E-state index is 0.0162. The molecule has 6 N–H and O–H groups in total. The van der Waals surface area contributed by atoms with Crippen LogP contribution in [-0.2, 0) is 6.42 Å². The van der Waals surface area contributed by atoms with Crippen molar-refractivity contribution in [3.8, 4) is 5.75 Å². The van der Waals surface area contributed by atoms with Crippen molar-refractivity contribution < 1.29 is 24.1 Å². The number of aliphatic hydroxyl groups excluding tert-OH is 1. The van der Waals surface area contributed by atoms with Crippen LogP contribution >= 0.6 is 22.7 Å². The number of hydrogen-bond donors (Lipinski definition) is 5. The Morgan fingerprint density at radius 3 is 2.72 bits per heavy atom. The zero-order valence-corrected chi connectivity index (χ0v) is 27.8. The Labute approximate surface area is 280 Å². The van der Waals surface area contributed by atoms with Gasteiger partial charge in [0, 0.05) is 24.6 Å². The van der Waals surface area contributed by atoms with Gasteiger partial charge in [-0.2, -0.15) is 0 Å². The third kappa shape index (κ3) is 9.99. The molecule has 2 aromatic carbocycles. The monoisotopic (exact) mass is 679 g/mol. The molecule has 0 saturated heterocycles. The van der Waals surface area contributed by atoms with Crippen molar-refractivity contribution in [1.29, 1.82) is 5.41 Å². The van der Waals surface area contributed by atoms with Gasteiger partial charge < -0.3 is 30.9 Å². The van der Waals surface area contributed by atoms with E-state index in [-0.39, 0.29) is 36.3 Å². The van der Waals surface area contributed by atoms with Crippen LogP contribution < -0.4 is 20.7 Å². The Kier molecular flexibility index (Phi) is 13.1. The highest BCUT2D eigenvalue weighted by Crippen LogP contribution is 2.30. The lowest BCUT2D eigenvalue weighted by Crippen LogP contribution is -2.31. The Morgan fingerprint density at radius 2 is 2.00 bits per heavy atom. The fourth-order valence-corrected chi connectivity index (χ4v) is 6.40. The number of ether oxygens (including phenoxy) is 1. The Morgan fingerprint density at radius 1 is 1.19 bits per heavy atom. The average molecular weight is 680 g/mol. The van der Waals surface area contributed by atoms with E-state index in [0.29, 0.717) is 59.5 Å². The van der Waals surface area contributed by atoms with Crippen LogP contribution in [0, 0.1) is 11.2 Å². The molecule has 248 valence electrons. The van der Waals surface area contributed by atoms with E-state index in [4.69, 9.17) is 15.9 Å². The highest BCUT2D eigenvalue weighted by molar-refractivity contribution is 7.22. The van der Waals surface area contributed by atoms with Crippen molar-refractivity contribution in [3.63, 3.8) is 0 Å². The number of nitrogens with two attached hydrogens (primary N) is 1. The van der Waals surface area contributed by atoms with E-state index in [0.717, 1.165) is 15.8 Å². The Hall–Kier alpha value is -4.50. The highest BCUT2D eigenvalue weighted by atomic mass is 32.1. The number of aromatic nitrogens is 2. The number of anilines is 1.